The molecule has 0 spiro atoms. The Morgan fingerprint density at radius 1 is 1.30 bits per heavy atom. The van der Waals surface area contributed by atoms with Crippen molar-refractivity contribution in [2.75, 3.05) is 6.54 Å². The molecule has 23 heavy (non-hydrogen) atoms. The van der Waals surface area contributed by atoms with Crippen molar-refractivity contribution in [1.29, 1.82) is 0 Å². The number of aromatic nitrogens is 2. The first-order chi connectivity index (χ1) is 11.0. The van der Waals surface area contributed by atoms with Crippen LogP contribution in [0.1, 0.15) is 23.3 Å². The Labute approximate surface area is 143 Å². The van der Waals surface area contributed by atoms with Crippen LogP contribution in [0, 0.1) is 0 Å². The molecule has 0 aliphatic heterocycles. The summed E-state index contributed by atoms with van der Waals surface area (Å²) < 4.78 is 7.02. The largest absolute Gasteiger partial charge is 0.471 e. The molecule has 0 atom stereocenters. The van der Waals surface area contributed by atoms with Crippen LogP contribution in [0.5, 0.6) is 5.75 Å². The summed E-state index contributed by atoms with van der Waals surface area (Å²) in [6.07, 6.45) is 2.36. The standard InChI is InChI=1S/C15H15Cl2N3O3/c16-11-3-1-4-12(9-11)23-10-20-8-6-13(19-20)15(22)18-7-2-5-14(17)21/h1,3-4,6,8-9H,2,5,7,10H2,(H,18,22). The van der Waals surface area contributed by atoms with Gasteiger partial charge in [0.15, 0.2) is 6.73 Å². The normalized spacial score (nSPS) is 10.3. The van der Waals surface area contributed by atoms with E-state index in [9.17, 15) is 9.59 Å². The summed E-state index contributed by atoms with van der Waals surface area (Å²) in [7, 11) is 0. The number of ether oxygens (including phenoxy) is 1. The van der Waals surface area contributed by atoms with Crippen LogP contribution in [-0.4, -0.2) is 27.5 Å². The summed E-state index contributed by atoms with van der Waals surface area (Å²) in [6, 6.07) is 8.59. The van der Waals surface area contributed by atoms with E-state index in [1.807, 2.05) is 0 Å². The topological polar surface area (TPSA) is 73.2 Å². The maximum Gasteiger partial charge on any atom is 0.271 e. The van der Waals surface area contributed by atoms with Crippen molar-refractivity contribution in [1.82, 2.24) is 15.1 Å². The van der Waals surface area contributed by atoms with E-state index in [1.165, 1.54) is 4.68 Å². The second-order valence-corrected chi connectivity index (χ2v) is 5.54. The van der Waals surface area contributed by atoms with Gasteiger partial charge in [0.1, 0.15) is 11.4 Å². The van der Waals surface area contributed by atoms with Gasteiger partial charge in [-0.3, -0.25) is 9.59 Å². The van der Waals surface area contributed by atoms with Crippen molar-refractivity contribution in [3.05, 3.63) is 47.2 Å². The third-order valence-electron chi connectivity index (χ3n) is 2.87. The summed E-state index contributed by atoms with van der Waals surface area (Å²) in [6.45, 7) is 0.525. The first kappa shape index (κ1) is 17.3. The van der Waals surface area contributed by atoms with E-state index in [0.717, 1.165) is 0 Å². The van der Waals surface area contributed by atoms with Crippen LogP contribution >= 0.6 is 23.2 Å². The Balaban J connectivity index is 1.80. The molecule has 1 N–H and O–H groups in total. The second-order valence-electron chi connectivity index (χ2n) is 4.69. The lowest BCUT2D eigenvalue weighted by Gasteiger charge is -2.06. The average molecular weight is 356 g/mol. The lowest BCUT2D eigenvalue weighted by molar-refractivity contribution is -0.111. The molecule has 1 aromatic heterocycles. The summed E-state index contributed by atoms with van der Waals surface area (Å²) in [5.41, 5.74) is 0.275. The van der Waals surface area contributed by atoms with Crippen LogP contribution in [0.4, 0.5) is 0 Å². The second kappa shape index (κ2) is 8.55. The first-order valence-electron chi connectivity index (χ1n) is 6.93. The SMILES string of the molecule is O=C(Cl)CCCNC(=O)c1ccn(COc2cccc(Cl)c2)n1. The molecule has 0 fully saturated rings. The Hall–Kier alpha value is -2.05. The zero-order valence-corrected chi connectivity index (χ0v) is 13.7. The van der Waals surface area contributed by atoms with Crippen LogP contribution in [-0.2, 0) is 11.5 Å². The van der Waals surface area contributed by atoms with Gasteiger partial charge in [-0.25, -0.2) is 4.68 Å². The number of hydrogen-bond donors (Lipinski definition) is 1. The van der Waals surface area contributed by atoms with Gasteiger partial charge >= 0.3 is 0 Å². The molecule has 0 saturated heterocycles. The van der Waals surface area contributed by atoms with Crippen LogP contribution in [0.3, 0.4) is 0 Å². The van der Waals surface area contributed by atoms with E-state index in [0.29, 0.717) is 23.7 Å². The smallest absolute Gasteiger partial charge is 0.271 e. The molecule has 1 heterocycles. The van der Waals surface area contributed by atoms with Gasteiger partial charge in [-0.15, -0.1) is 0 Å². The van der Waals surface area contributed by atoms with E-state index in [4.69, 9.17) is 27.9 Å². The molecule has 0 aliphatic rings. The maximum atomic E-state index is 11.9. The fourth-order valence-corrected chi connectivity index (χ4v) is 2.09. The van der Waals surface area contributed by atoms with Crippen molar-refractivity contribution in [2.24, 2.45) is 0 Å². The Morgan fingerprint density at radius 3 is 2.87 bits per heavy atom. The average Bonchev–Trinajstić information content (AvgIpc) is 2.98. The molecular formula is C15H15Cl2N3O3. The van der Waals surface area contributed by atoms with Crippen molar-refractivity contribution >= 4 is 34.4 Å². The number of halogens is 2. The molecule has 0 bridgehead atoms. The van der Waals surface area contributed by atoms with Crippen LogP contribution in [0.2, 0.25) is 5.02 Å². The predicted molar refractivity (Wildman–Crippen MR) is 86.7 cm³/mol. The van der Waals surface area contributed by atoms with E-state index in [-0.39, 0.29) is 24.8 Å². The van der Waals surface area contributed by atoms with Gasteiger partial charge in [0, 0.05) is 24.2 Å². The summed E-state index contributed by atoms with van der Waals surface area (Å²) in [5.74, 6) is 0.304. The van der Waals surface area contributed by atoms with Gasteiger partial charge in [0.05, 0.1) is 0 Å². The molecule has 1 aromatic carbocycles. The van der Waals surface area contributed by atoms with Crippen LogP contribution in [0.25, 0.3) is 0 Å². The highest BCUT2D eigenvalue weighted by Crippen LogP contribution is 2.17. The molecule has 2 aromatic rings. The number of benzene rings is 1. The van der Waals surface area contributed by atoms with E-state index < -0.39 is 5.24 Å². The predicted octanol–water partition coefficient (Wildman–Crippen LogP) is 2.85. The Kier molecular flexibility index (Phi) is 6.43. The highest BCUT2D eigenvalue weighted by Gasteiger charge is 2.09. The minimum Gasteiger partial charge on any atom is -0.471 e. The fraction of sp³-hybridized carbons (Fsp3) is 0.267. The summed E-state index contributed by atoms with van der Waals surface area (Å²) in [5, 5.41) is 6.95. The molecule has 6 nitrogen and oxygen atoms in total. The monoisotopic (exact) mass is 355 g/mol. The van der Waals surface area contributed by atoms with E-state index >= 15 is 0 Å². The molecular weight excluding hydrogens is 341 g/mol. The van der Waals surface area contributed by atoms with Crippen LogP contribution < -0.4 is 10.1 Å². The number of carbonyl (C=O) groups excluding carboxylic acids is 2. The molecule has 0 radical (unpaired) electrons. The number of hydrogen-bond acceptors (Lipinski definition) is 4. The minimum absolute atomic E-state index is 0.161. The van der Waals surface area contributed by atoms with Crippen molar-refractivity contribution in [3.63, 3.8) is 0 Å². The lowest BCUT2D eigenvalue weighted by atomic mass is 10.3. The number of carbonyl (C=O) groups is 2. The Morgan fingerprint density at radius 2 is 2.13 bits per heavy atom. The zero-order valence-electron chi connectivity index (χ0n) is 12.2. The first-order valence-corrected chi connectivity index (χ1v) is 7.68. The van der Waals surface area contributed by atoms with Crippen LogP contribution in [0.15, 0.2) is 36.5 Å². The molecule has 0 saturated carbocycles. The minimum atomic E-state index is -0.415. The number of nitrogens with zero attached hydrogens (tertiary/aromatic N) is 2. The van der Waals surface area contributed by atoms with Gasteiger partial charge in [0.2, 0.25) is 5.24 Å². The van der Waals surface area contributed by atoms with Gasteiger partial charge in [0.25, 0.3) is 5.91 Å². The molecule has 0 unspecified atom stereocenters. The van der Waals surface area contributed by atoms with Gasteiger partial charge in [-0.1, -0.05) is 17.7 Å². The Bertz CT molecular complexity index is 688. The molecule has 0 aliphatic carbocycles. The maximum absolute atomic E-state index is 11.9. The van der Waals surface area contributed by atoms with Crippen molar-refractivity contribution in [2.45, 2.75) is 19.6 Å². The van der Waals surface area contributed by atoms with Gasteiger partial charge in [-0.2, -0.15) is 5.10 Å². The summed E-state index contributed by atoms with van der Waals surface area (Å²) in [4.78, 5) is 22.4. The molecule has 1 amide bonds. The van der Waals surface area contributed by atoms with E-state index in [2.05, 4.69) is 10.4 Å². The number of rotatable bonds is 8. The zero-order chi connectivity index (χ0) is 16.7. The lowest BCUT2D eigenvalue weighted by Crippen LogP contribution is -2.25. The van der Waals surface area contributed by atoms with E-state index in [1.54, 1.807) is 36.5 Å². The van der Waals surface area contributed by atoms with Gasteiger partial charge in [-0.05, 0) is 42.3 Å². The quantitative estimate of drug-likeness (QED) is 0.583. The third kappa shape index (κ3) is 5.92. The molecule has 122 valence electrons. The third-order valence-corrected chi connectivity index (χ3v) is 3.29. The van der Waals surface area contributed by atoms with Crippen molar-refractivity contribution < 1.29 is 14.3 Å². The number of amides is 1. The molecule has 2 rings (SSSR count). The molecule has 8 heteroatoms. The fourth-order valence-electron chi connectivity index (χ4n) is 1.77. The highest BCUT2D eigenvalue weighted by atomic mass is 35.5. The number of nitrogens with one attached hydrogen (secondary N) is 1. The highest BCUT2D eigenvalue weighted by molar-refractivity contribution is 6.63. The van der Waals surface area contributed by atoms with Crippen molar-refractivity contribution in [3.8, 4) is 5.75 Å². The van der Waals surface area contributed by atoms with Gasteiger partial charge < -0.3 is 10.1 Å². The summed E-state index contributed by atoms with van der Waals surface area (Å²) >= 11 is 11.1.